The highest BCUT2D eigenvalue weighted by molar-refractivity contribution is 9.10. The average Bonchev–Trinajstić information content (AvgIpc) is 3.11. The number of halogens is 2. The molecule has 0 bridgehead atoms. The minimum atomic E-state index is -0.157. The van der Waals surface area contributed by atoms with E-state index in [0.29, 0.717) is 17.6 Å². The zero-order valence-electron chi connectivity index (χ0n) is 12.0. The van der Waals surface area contributed by atoms with Crippen molar-refractivity contribution >= 4 is 15.9 Å². The number of hydrogen-bond donors (Lipinski definition) is 1. The van der Waals surface area contributed by atoms with Gasteiger partial charge in [-0.3, -0.25) is 0 Å². The van der Waals surface area contributed by atoms with Gasteiger partial charge in [-0.05, 0) is 44.4 Å². The SMILES string of the molecule is CC(NC1CCCC1n1ccnc1)c1cc(Br)ccc1F. The Morgan fingerprint density at radius 3 is 3.05 bits per heavy atom. The molecular weight excluding hydrogens is 333 g/mol. The zero-order valence-corrected chi connectivity index (χ0v) is 13.6. The van der Waals surface area contributed by atoms with Gasteiger partial charge in [0.15, 0.2) is 0 Å². The van der Waals surface area contributed by atoms with E-state index in [-0.39, 0.29) is 11.9 Å². The van der Waals surface area contributed by atoms with Crippen molar-refractivity contribution in [1.82, 2.24) is 14.9 Å². The summed E-state index contributed by atoms with van der Waals surface area (Å²) >= 11 is 3.41. The first-order valence-electron chi connectivity index (χ1n) is 7.33. The van der Waals surface area contributed by atoms with Crippen LogP contribution in [0.5, 0.6) is 0 Å². The molecule has 1 aromatic heterocycles. The third-order valence-corrected chi connectivity index (χ3v) is 4.77. The van der Waals surface area contributed by atoms with Crippen LogP contribution in [0.15, 0.2) is 41.4 Å². The number of aromatic nitrogens is 2. The Labute approximate surface area is 132 Å². The molecule has 21 heavy (non-hydrogen) atoms. The minimum absolute atomic E-state index is 0.0170. The maximum atomic E-state index is 14.0. The van der Waals surface area contributed by atoms with Gasteiger partial charge < -0.3 is 9.88 Å². The van der Waals surface area contributed by atoms with E-state index in [2.05, 4.69) is 30.8 Å². The monoisotopic (exact) mass is 351 g/mol. The molecule has 1 aromatic carbocycles. The Balaban J connectivity index is 1.74. The van der Waals surface area contributed by atoms with Gasteiger partial charge in [0, 0.05) is 40.6 Å². The van der Waals surface area contributed by atoms with Crippen LogP contribution in [-0.2, 0) is 0 Å². The van der Waals surface area contributed by atoms with Crippen LogP contribution in [0.2, 0.25) is 0 Å². The highest BCUT2D eigenvalue weighted by atomic mass is 79.9. The Hall–Kier alpha value is -1.20. The van der Waals surface area contributed by atoms with Gasteiger partial charge in [-0.2, -0.15) is 0 Å². The molecule has 1 fully saturated rings. The molecule has 1 aliphatic carbocycles. The predicted molar refractivity (Wildman–Crippen MR) is 84.6 cm³/mol. The summed E-state index contributed by atoms with van der Waals surface area (Å²) in [5.74, 6) is -0.157. The van der Waals surface area contributed by atoms with Crippen molar-refractivity contribution in [1.29, 1.82) is 0 Å². The second kappa shape index (κ2) is 6.28. The molecule has 3 atom stereocenters. The first-order valence-corrected chi connectivity index (χ1v) is 8.13. The molecule has 0 saturated heterocycles. The molecule has 0 spiro atoms. The number of rotatable bonds is 4. The predicted octanol–water partition coefficient (Wildman–Crippen LogP) is 4.23. The Morgan fingerprint density at radius 2 is 2.29 bits per heavy atom. The van der Waals surface area contributed by atoms with Crippen LogP contribution in [0.1, 0.15) is 43.8 Å². The van der Waals surface area contributed by atoms with E-state index in [9.17, 15) is 4.39 Å². The standard InChI is InChI=1S/C16H19BrFN3/c1-11(13-9-12(17)5-6-14(13)18)20-15-3-2-4-16(15)21-8-7-19-10-21/h5-11,15-16,20H,2-4H2,1H3. The van der Waals surface area contributed by atoms with Gasteiger partial charge in [0.2, 0.25) is 0 Å². The lowest BCUT2D eigenvalue weighted by Crippen LogP contribution is -2.35. The number of nitrogens with zero attached hydrogens (tertiary/aromatic N) is 2. The summed E-state index contributed by atoms with van der Waals surface area (Å²) < 4.78 is 17.1. The Morgan fingerprint density at radius 1 is 1.43 bits per heavy atom. The average molecular weight is 352 g/mol. The van der Waals surface area contributed by atoms with E-state index < -0.39 is 0 Å². The molecule has 5 heteroatoms. The van der Waals surface area contributed by atoms with Crippen molar-refractivity contribution in [3.05, 3.63) is 52.8 Å². The van der Waals surface area contributed by atoms with Gasteiger partial charge in [0.25, 0.3) is 0 Å². The molecule has 1 aliphatic rings. The van der Waals surface area contributed by atoms with Crippen LogP contribution < -0.4 is 5.32 Å². The van der Waals surface area contributed by atoms with Crippen molar-refractivity contribution in [3.63, 3.8) is 0 Å². The van der Waals surface area contributed by atoms with Gasteiger partial charge in [-0.15, -0.1) is 0 Å². The van der Waals surface area contributed by atoms with Gasteiger partial charge in [0.1, 0.15) is 5.82 Å². The molecule has 2 aromatic rings. The lowest BCUT2D eigenvalue weighted by molar-refractivity contribution is 0.358. The van der Waals surface area contributed by atoms with Crippen LogP contribution in [0, 0.1) is 5.82 Å². The summed E-state index contributed by atoms with van der Waals surface area (Å²) in [5, 5.41) is 3.59. The van der Waals surface area contributed by atoms with E-state index in [1.807, 2.05) is 31.7 Å². The quantitative estimate of drug-likeness (QED) is 0.893. The number of hydrogen-bond acceptors (Lipinski definition) is 2. The third kappa shape index (κ3) is 3.19. The molecule has 1 heterocycles. The zero-order chi connectivity index (χ0) is 14.8. The fourth-order valence-electron chi connectivity index (χ4n) is 3.21. The summed E-state index contributed by atoms with van der Waals surface area (Å²) in [7, 11) is 0. The largest absolute Gasteiger partial charge is 0.333 e. The molecule has 112 valence electrons. The van der Waals surface area contributed by atoms with Gasteiger partial charge in [0.05, 0.1) is 6.33 Å². The topological polar surface area (TPSA) is 29.9 Å². The normalized spacial score (nSPS) is 23.4. The fraction of sp³-hybridized carbons (Fsp3) is 0.438. The lowest BCUT2D eigenvalue weighted by Gasteiger charge is -2.26. The lowest BCUT2D eigenvalue weighted by atomic mass is 10.0. The molecular formula is C16H19BrFN3. The van der Waals surface area contributed by atoms with Crippen molar-refractivity contribution in [2.75, 3.05) is 0 Å². The summed E-state index contributed by atoms with van der Waals surface area (Å²) in [6, 6.07) is 5.85. The van der Waals surface area contributed by atoms with Crippen molar-refractivity contribution < 1.29 is 4.39 Å². The van der Waals surface area contributed by atoms with Gasteiger partial charge in [-0.25, -0.2) is 9.37 Å². The molecule has 3 nitrogen and oxygen atoms in total. The van der Waals surface area contributed by atoms with E-state index in [4.69, 9.17) is 0 Å². The maximum Gasteiger partial charge on any atom is 0.128 e. The Kier molecular flexibility index (Phi) is 4.40. The molecule has 0 radical (unpaired) electrons. The Bertz CT molecular complexity index is 600. The van der Waals surface area contributed by atoms with Crippen LogP contribution >= 0.6 is 15.9 Å². The summed E-state index contributed by atoms with van der Waals surface area (Å²) in [4.78, 5) is 4.13. The number of nitrogens with one attached hydrogen (secondary N) is 1. The second-order valence-electron chi connectivity index (χ2n) is 5.67. The van der Waals surface area contributed by atoms with Crippen molar-refractivity contribution in [2.45, 2.75) is 44.3 Å². The molecule has 0 aliphatic heterocycles. The van der Waals surface area contributed by atoms with E-state index in [1.54, 1.807) is 6.07 Å². The molecule has 1 N–H and O–H groups in total. The molecule has 3 rings (SSSR count). The first-order chi connectivity index (χ1) is 10.1. The van der Waals surface area contributed by atoms with Crippen molar-refractivity contribution in [2.24, 2.45) is 0 Å². The molecule has 1 saturated carbocycles. The third-order valence-electron chi connectivity index (χ3n) is 4.28. The van der Waals surface area contributed by atoms with E-state index in [0.717, 1.165) is 17.3 Å². The van der Waals surface area contributed by atoms with Crippen LogP contribution in [-0.4, -0.2) is 15.6 Å². The van der Waals surface area contributed by atoms with Crippen molar-refractivity contribution in [3.8, 4) is 0 Å². The number of imidazole rings is 1. The summed E-state index contributed by atoms with van der Waals surface area (Å²) in [6.07, 6.45) is 9.13. The van der Waals surface area contributed by atoms with E-state index in [1.165, 1.54) is 12.5 Å². The van der Waals surface area contributed by atoms with Crippen LogP contribution in [0.3, 0.4) is 0 Å². The smallest absolute Gasteiger partial charge is 0.128 e. The fourth-order valence-corrected chi connectivity index (χ4v) is 3.59. The first kappa shape index (κ1) is 14.7. The highest BCUT2D eigenvalue weighted by Gasteiger charge is 2.29. The number of benzene rings is 1. The minimum Gasteiger partial charge on any atom is -0.333 e. The maximum absolute atomic E-state index is 14.0. The van der Waals surface area contributed by atoms with Gasteiger partial charge >= 0.3 is 0 Å². The van der Waals surface area contributed by atoms with E-state index >= 15 is 0 Å². The summed E-state index contributed by atoms with van der Waals surface area (Å²) in [6.45, 7) is 2.02. The van der Waals surface area contributed by atoms with Crippen LogP contribution in [0.4, 0.5) is 4.39 Å². The summed E-state index contributed by atoms with van der Waals surface area (Å²) in [5.41, 5.74) is 0.709. The van der Waals surface area contributed by atoms with Crippen LogP contribution in [0.25, 0.3) is 0 Å². The molecule has 3 unspecified atom stereocenters. The van der Waals surface area contributed by atoms with Gasteiger partial charge in [-0.1, -0.05) is 15.9 Å². The molecule has 0 amide bonds. The highest BCUT2D eigenvalue weighted by Crippen LogP contribution is 2.32. The second-order valence-corrected chi connectivity index (χ2v) is 6.58.